The summed E-state index contributed by atoms with van der Waals surface area (Å²) in [6, 6.07) is 1.25. The third-order valence-corrected chi connectivity index (χ3v) is 4.19. The summed E-state index contributed by atoms with van der Waals surface area (Å²) >= 11 is 0. The third-order valence-electron chi connectivity index (χ3n) is 4.19. The van der Waals surface area contributed by atoms with Crippen LogP contribution in [0.25, 0.3) is 0 Å². The highest BCUT2D eigenvalue weighted by molar-refractivity contribution is 5.73. The van der Waals surface area contributed by atoms with Crippen molar-refractivity contribution >= 4 is 5.91 Å². The Morgan fingerprint density at radius 1 is 1.32 bits per heavy atom. The number of rotatable bonds is 7. The number of nitrogens with zero attached hydrogens (tertiary/aromatic N) is 2. The van der Waals surface area contributed by atoms with E-state index in [1.165, 1.54) is 19.4 Å². The Morgan fingerprint density at radius 2 is 1.95 bits per heavy atom. The lowest BCUT2D eigenvalue weighted by Crippen LogP contribution is -2.44. The summed E-state index contributed by atoms with van der Waals surface area (Å²) in [4.78, 5) is 15.6. The Hall–Kier alpha value is -0.610. The molecular weight excluding hydrogens is 238 g/mol. The van der Waals surface area contributed by atoms with Crippen molar-refractivity contribution in [3.8, 4) is 0 Å². The van der Waals surface area contributed by atoms with Gasteiger partial charge in [0.25, 0.3) is 0 Å². The molecule has 1 fully saturated rings. The minimum Gasteiger partial charge on any atom is -0.343 e. The lowest BCUT2D eigenvalue weighted by molar-refractivity contribution is -0.129. The molecule has 0 aromatic heterocycles. The molecule has 0 atom stereocenters. The summed E-state index contributed by atoms with van der Waals surface area (Å²) in [5.41, 5.74) is 0. The number of nitrogens with one attached hydrogen (secondary N) is 1. The van der Waals surface area contributed by atoms with E-state index in [4.69, 9.17) is 0 Å². The van der Waals surface area contributed by atoms with Gasteiger partial charge in [0.2, 0.25) is 5.91 Å². The Kier molecular flexibility index (Phi) is 7.39. The molecule has 4 nitrogen and oxygen atoms in total. The van der Waals surface area contributed by atoms with Crippen molar-refractivity contribution in [1.82, 2.24) is 15.1 Å². The number of likely N-dealkylation sites (tertiary alicyclic amines) is 1. The number of carbonyl (C=O) groups is 1. The Labute approximate surface area is 118 Å². The van der Waals surface area contributed by atoms with Gasteiger partial charge < -0.3 is 15.1 Å². The molecule has 0 radical (unpaired) electrons. The van der Waals surface area contributed by atoms with E-state index in [0.29, 0.717) is 12.1 Å². The Balaban J connectivity index is 2.01. The second kappa shape index (κ2) is 8.54. The van der Waals surface area contributed by atoms with Gasteiger partial charge in [0, 0.05) is 32.1 Å². The summed E-state index contributed by atoms with van der Waals surface area (Å²) < 4.78 is 0. The minimum atomic E-state index is 0.218. The van der Waals surface area contributed by atoms with Crippen LogP contribution in [0.4, 0.5) is 0 Å². The normalized spacial score (nSPS) is 17.5. The Morgan fingerprint density at radius 3 is 2.47 bits per heavy atom. The van der Waals surface area contributed by atoms with Gasteiger partial charge in [0.15, 0.2) is 0 Å². The number of unbranched alkanes of at least 4 members (excludes halogenated alkanes) is 1. The largest absolute Gasteiger partial charge is 0.343 e. The predicted molar refractivity (Wildman–Crippen MR) is 80.3 cm³/mol. The number of hydrogen-bond acceptors (Lipinski definition) is 3. The number of hydrogen-bond donors (Lipinski definition) is 1. The van der Waals surface area contributed by atoms with Gasteiger partial charge in [0.1, 0.15) is 0 Å². The molecule has 0 aromatic rings. The first-order chi connectivity index (χ1) is 9.00. The van der Waals surface area contributed by atoms with Crippen LogP contribution < -0.4 is 5.32 Å². The van der Waals surface area contributed by atoms with E-state index in [9.17, 15) is 4.79 Å². The van der Waals surface area contributed by atoms with Gasteiger partial charge in [-0.3, -0.25) is 4.79 Å². The molecule has 1 N–H and O–H groups in total. The van der Waals surface area contributed by atoms with E-state index in [1.54, 1.807) is 6.92 Å². The van der Waals surface area contributed by atoms with Crippen LogP contribution in [0.5, 0.6) is 0 Å². The highest BCUT2D eigenvalue weighted by Gasteiger charge is 2.19. The van der Waals surface area contributed by atoms with Crippen molar-refractivity contribution in [2.75, 3.05) is 33.2 Å². The number of carbonyl (C=O) groups excluding carboxylic acids is 1. The van der Waals surface area contributed by atoms with Crippen LogP contribution in [0.15, 0.2) is 0 Å². The van der Waals surface area contributed by atoms with Crippen molar-refractivity contribution in [2.24, 2.45) is 0 Å². The topological polar surface area (TPSA) is 35.6 Å². The van der Waals surface area contributed by atoms with Crippen LogP contribution in [0, 0.1) is 0 Å². The van der Waals surface area contributed by atoms with Crippen LogP contribution >= 0.6 is 0 Å². The van der Waals surface area contributed by atoms with Crippen LogP contribution in [0.3, 0.4) is 0 Å². The van der Waals surface area contributed by atoms with E-state index in [0.717, 1.165) is 32.5 Å². The van der Waals surface area contributed by atoms with E-state index in [-0.39, 0.29) is 5.91 Å². The van der Waals surface area contributed by atoms with Gasteiger partial charge in [-0.15, -0.1) is 0 Å². The van der Waals surface area contributed by atoms with Gasteiger partial charge in [-0.2, -0.15) is 0 Å². The van der Waals surface area contributed by atoms with Crippen LogP contribution in [0.1, 0.15) is 46.5 Å². The molecule has 1 aliphatic heterocycles. The Bertz CT molecular complexity index is 260. The van der Waals surface area contributed by atoms with Crippen molar-refractivity contribution in [3.05, 3.63) is 0 Å². The molecule has 0 aliphatic carbocycles. The van der Waals surface area contributed by atoms with Crippen LogP contribution in [0.2, 0.25) is 0 Å². The monoisotopic (exact) mass is 269 g/mol. The van der Waals surface area contributed by atoms with Crippen LogP contribution in [-0.4, -0.2) is 61.0 Å². The number of piperidine rings is 1. The second-order valence-electron chi connectivity index (χ2n) is 6.02. The molecule has 19 heavy (non-hydrogen) atoms. The zero-order chi connectivity index (χ0) is 14.3. The standard InChI is InChI=1S/C15H31N3O/c1-13(2)17(4)10-6-5-9-16-15-7-11-18(12-8-15)14(3)19/h13,15-16H,5-12H2,1-4H3. The van der Waals surface area contributed by atoms with E-state index < -0.39 is 0 Å². The second-order valence-corrected chi connectivity index (χ2v) is 6.02. The molecule has 112 valence electrons. The van der Waals surface area contributed by atoms with Crippen molar-refractivity contribution < 1.29 is 4.79 Å². The summed E-state index contributed by atoms with van der Waals surface area (Å²) in [6.07, 6.45) is 4.70. The quantitative estimate of drug-likeness (QED) is 0.715. The average molecular weight is 269 g/mol. The molecular formula is C15H31N3O. The fourth-order valence-corrected chi connectivity index (χ4v) is 2.45. The zero-order valence-corrected chi connectivity index (χ0v) is 13.1. The summed E-state index contributed by atoms with van der Waals surface area (Å²) in [7, 11) is 2.19. The van der Waals surface area contributed by atoms with E-state index in [1.807, 2.05) is 4.90 Å². The first kappa shape index (κ1) is 16.4. The molecule has 0 bridgehead atoms. The SMILES string of the molecule is CC(=O)N1CCC(NCCCCN(C)C(C)C)CC1. The molecule has 1 saturated heterocycles. The lowest BCUT2D eigenvalue weighted by Gasteiger charge is -2.31. The molecule has 0 unspecified atom stereocenters. The van der Waals surface area contributed by atoms with Crippen LogP contribution in [-0.2, 0) is 4.79 Å². The van der Waals surface area contributed by atoms with Gasteiger partial charge >= 0.3 is 0 Å². The molecule has 1 heterocycles. The third kappa shape index (κ3) is 6.39. The highest BCUT2D eigenvalue weighted by Crippen LogP contribution is 2.10. The van der Waals surface area contributed by atoms with Gasteiger partial charge in [-0.05, 0) is 59.7 Å². The fourth-order valence-electron chi connectivity index (χ4n) is 2.45. The minimum absolute atomic E-state index is 0.218. The fraction of sp³-hybridized carbons (Fsp3) is 0.933. The molecule has 1 amide bonds. The molecule has 0 aromatic carbocycles. The maximum Gasteiger partial charge on any atom is 0.219 e. The first-order valence-corrected chi connectivity index (χ1v) is 7.70. The maximum atomic E-state index is 11.2. The van der Waals surface area contributed by atoms with Gasteiger partial charge in [-0.1, -0.05) is 0 Å². The summed E-state index contributed by atoms with van der Waals surface area (Å²) in [5.74, 6) is 0.218. The van der Waals surface area contributed by atoms with Gasteiger partial charge in [0.05, 0.1) is 0 Å². The average Bonchev–Trinajstić information content (AvgIpc) is 2.38. The molecule has 0 spiro atoms. The lowest BCUT2D eigenvalue weighted by atomic mass is 10.0. The maximum absolute atomic E-state index is 11.2. The predicted octanol–water partition coefficient (Wildman–Crippen LogP) is 1.71. The summed E-state index contributed by atoms with van der Waals surface area (Å²) in [5, 5.41) is 3.63. The van der Waals surface area contributed by atoms with Gasteiger partial charge in [-0.25, -0.2) is 0 Å². The highest BCUT2D eigenvalue weighted by atomic mass is 16.2. The summed E-state index contributed by atoms with van der Waals surface area (Å²) in [6.45, 7) is 10.3. The molecule has 4 heteroatoms. The number of amides is 1. The van der Waals surface area contributed by atoms with E-state index in [2.05, 4.69) is 31.1 Å². The van der Waals surface area contributed by atoms with Crippen molar-refractivity contribution in [3.63, 3.8) is 0 Å². The first-order valence-electron chi connectivity index (χ1n) is 7.70. The molecule has 0 saturated carbocycles. The molecule has 1 rings (SSSR count). The zero-order valence-electron chi connectivity index (χ0n) is 13.1. The molecule has 1 aliphatic rings. The van der Waals surface area contributed by atoms with E-state index >= 15 is 0 Å². The van der Waals surface area contributed by atoms with Crippen molar-refractivity contribution in [1.29, 1.82) is 0 Å². The van der Waals surface area contributed by atoms with Crippen molar-refractivity contribution in [2.45, 2.75) is 58.5 Å². The smallest absolute Gasteiger partial charge is 0.219 e.